The summed E-state index contributed by atoms with van der Waals surface area (Å²) in [6.07, 6.45) is 0.770. The van der Waals surface area contributed by atoms with Crippen LogP contribution in [0.4, 0.5) is 0 Å². The van der Waals surface area contributed by atoms with Gasteiger partial charge in [0.05, 0.1) is 19.1 Å². The molecule has 0 amide bonds. The molecule has 16 heavy (non-hydrogen) atoms. The third-order valence-electron chi connectivity index (χ3n) is 1.79. The van der Waals surface area contributed by atoms with Crippen molar-refractivity contribution in [2.75, 3.05) is 7.11 Å². The largest absolute Gasteiger partial charge is 0.469 e. The van der Waals surface area contributed by atoms with Crippen LogP contribution in [0.3, 0.4) is 0 Å². The second-order valence-electron chi connectivity index (χ2n) is 3.14. The van der Waals surface area contributed by atoms with Crippen LogP contribution >= 0.6 is 15.9 Å². The molecule has 0 saturated carbocycles. The number of methoxy groups -OCH3 is 1. The SMILES string of the molecule is COC(=O)C[C@@H](C)OC(=O)c1coc(Br)c1. The van der Waals surface area contributed by atoms with Gasteiger partial charge in [-0.1, -0.05) is 0 Å². The van der Waals surface area contributed by atoms with E-state index in [-0.39, 0.29) is 6.42 Å². The lowest BCUT2D eigenvalue weighted by molar-refractivity contribution is -0.142. The highest BCUT2D eigenvalue weighted by atomic mass is 79.9. The number of carbonyl (C=O) groups is 2. The second kappa shape index (κ2) is 5.69. The van der Waals surface area contributed by atoms with Crippen molar-refractivity contribution < 1.29 is 23.5 Å². The first-order valence-corrected chi connectivity index (χ1v) is 5.34. The molecular formula is C10H11BrO5. The first-order valence-electron chi connectivity index (χ1n) is 4.54. The van der Waals surface area contributed by atoms with Crippen molar-refractivity contribution in [3.8, 4) is 0 Å². The fraction of sp³-hybridized carbons (Fsp3) is 0.400. The zero-order valence-corrected chi connectivity index (χ0v) is 10.4. The van der Waals surface area contributed by atoms with Crippen LogP contribution in [0.2, 0.25) is 0 Å². The maximum atomic E-state index is 11.5. The van der Waals surface area contributed by atoms with E-state index >= 15 is 0 Å². The summed E-state index contributed by atoms with van der Waals surface area (Å²) in [6.45, 7) is 1.62. The Balaban J connectivity index is 2.48. The lowest BCUT2D eigenvalue weighted by Gasteiger charge is -2.10. The molecule has 0 bridgehead atoms. The summed E-state index contributed by atoms with van der Waals surface area (Å²) in [5.74, 6) is -0.959. The molecule has 0 aliphatic rings. The Morgan fingerprint density at radius 1 is 1.56 bits per heavy atom. The number of carbonyl (C=O) groups excluding carboxylic acids is 2. The number of ether oxygens (including phenoxy) is 2. The van der Waals surface area contributed by atoms with Gasteiger partial charge in [0, 0.05) is 6.07 Å². The molecular weight excluding hydrogens is 280 g/mol. The third kappa shape index (κ3) is 3.69. The molecule has 0 aliphatic heterocycles. The van der Waals surface area contributed by atoms with Gasteiger partial charge in [-0.05, 0) is 22.9 Å². The molecule has 0 aliphatic carbocycles. The van der Waals surface area contributed by atoms with Gasteiger partial charge in [0.1, 0.15) is 12.4 Å². The maximum Gasteiger partial charge on any atom is 0.341 e. The number of rotatable bonds is 4. The van der Waals surface area contributed by atoms with E-state index in [1.165, 1.54) is 19.4 Å². The molecule has 1 heterocycles. The monoisotopic (exact) mass is 290 g/mol. The average Bonchev–Trinajstić information content (AvgIpc) is 2.64. The van der Waals surface area contributed by atoms with Gasteiger partial charge < -0.3 is 13.9 Å². The van der Waals surface area contributed by atoms with Gasteiger partial charge in [0.25, 0.3) is 0 Å². The summed E-state index contributed by atoms with van der Waals surface area (Å²) in [4.78, 5) is 22.4. The van der Waals surface area contributed by atoms with Crippen LogP contribution in [0.15, 0.2) is 21.4 Å². The number of esters is 2. The van der Waals surface area contributed by atoms with Crippen molar-refractivity contribution in [2.24, 2.45) is 0 Å². The van der Waals surface area contributed by atoms with Gasteiger partial charge in [0.15, 0.2) is 4.67 Å². The topological polar surface area (TPSA) is 65.7 Å². The highest BCUT2D eigenvalue weighted by Gasteiger charge is 2.17. The van der Waals surface area contributed by atoms with Crippen LogP contribution in [0.1, 0.15) is 23.7 Å². The molecule has 1 rings (SSSR count). The van der Waals surface area contributed by atoms with Gasteiger partial charge in [0.2, 0.25) is 0 Å². The van der Waals surface area contributed by atoms with Gasteiger partial charge in [-0.2, -0.15) is 0 Å². The Labute approximate surface area is 101 Å². The zero-order valence-electron chi connectivity index (χ0n) is 8.86. The van der Waals surface area contributed by atoms with Crippen molar-refractivity contribution in [2.45, 2.75) is 19.4 Å². The van der Waals surface area contributed by atoms with E-state index in [2.05, 4.69) is 20.7 Å². The first kappa shape index (κ1) is 12.8. The lowest BCUT2D eigenvalue weighted by atomic mass is 10.3. The van der Waals surface area contributed by atoms with Gasteiger partial charge in [-0.15, -0.1) is 0 Å². The standard InChI is InChI=1S/C10H11BrO5/c1-6(3-9(12)14-2)16-10(13)7-4-8(11)15-5-7/h4-6H,3H2,1-2H3/t6-/m1/s1. The highest BCUT2D eigenvalue weighted by Crippen LogP contribution is 2.15. The number of furan rings is 1. The third-order valence-corrected chi connectivity index (χ3v) is 2.21. The molecule has 0 unspecified atom stereocenters. The van der Waals surface area contributed by atoms with Crippen LogP contribution in [0.25, 0.3) is 0 Å². The van der Waals surface area contributed by atoms with E-state index in [1.807, 2.05) is 0 Å². The number of hydrogen-bond donors (Lipinski definition) is 0. The van der Waals surface area contributed by atoms with Crippen LogP contribution in [-0.4, -0.2) is 25.2 Å². The van der Waals surface area contributed by atoms with Gasteiger partial charge in [-0.25, -0.2) is 4.79 Å². The predicted molar refractivity (Wildman–Crippen MR) is 57.9 cm³/mol. The summed E-state index contributed by atoms with van der Waals surface area (Å²) in [5, 5.41) is 0. The van der Waals surface area contributed by atoms with Crippen LogP contribution in [0, 0.1) is 0 Å². The van der Waals surface area contributed by atoms with Crippen molar-refractivity contribution in [3.63, 3.8) is 0 Å². The first-order chi connectivity index (χ1) is 7.52. The molecule has 0 N–H and O–H groups in total. The Kier molecular flexibility index (Phi) is 4.54. The highest BCUT2D eigenvalue weighted by molar-refractivity contribution is 9.10. The predicted octanol–water partition coefficient (Wildman–Crippen LogP) is 2.15. The molecule has 1 atom stereocenters. The summed E-state index contributed by atoms with van der Waals surface area (Å²) < 4.78 is 14.8. The average molecular weight is 291 g/mol. The van der Waals surface area contributed by atoms with Gasteiger partial charge >= 0.3 is 11.9 Å². The normalized spacial score (nSPS) is 11.9. The smallest absolute Gasteiger partial charge is 0.341 e. The molecule has 5 nitrogen and oxygen atoms in total. The number of halogens is 1. The van der Waals surface area contributed by atoms with Crippen molar-refractivity contribution in [3.05, 3.63) is 22.6 Å². The molecule has 0 saturated heterocycles. The molecule has 0 aromatic carbocycles. The van der Waals surface area contributed by atoms with Crippen LogP contribution in [0.5, 0.6) is 0 Å². The lowest BCUT2D eigenvalue weighted by Crippen LogP contribution is -2.19. The molecule has 0 spiro atoms. The summed E-state index contributed by atoms with van der Waals surface area (Å²) in [7, 11) is 1.28. The minimum absolute atomic E-state index is 0.0290. The summed E-state index contributed by atoms with van der Waals surface area (Å²) >= 11 is 3.07. The van der Waals surface area contributed by atoms with Crippen molar-refractivity contribution >= 4 is 27.9 Å². The molecule has 6 heteroatoms. The molecule has 0 fully saturated rings. The molecule has 0 radical (unpaired) electrons. The van der Waals surface area contributed by atoms with E-state index in [1.54, 1.807) is 6.92 Å². The van der Waals surface area contributed by atoms with E-state index in [0.717, 1.165) is 0 Å². The quantitative estimate of drug-likeness (QED) is 0.795. The van der Waals surface area contributed by atoms with Crippen molar-refractivity contribution in [1.29, 1.82) is 0 Å². The van der Waals surface area contributed by atoms with Crippen LogP contribution in [-0.2, 0) is 14.3 Å². The Hall–Kier alpha value is -1.30. The molecule has 1 aromatic rings. The van der Waals surface area contributed by atoms with E-state index in [4.69, 9.17) is 9.15 Å². The second-order valence-corrected chi connectivity index (χ2v) is 3.92. The van der Waals surface area contributed by atoms with E-state index in [9.17, 15) is 9.59 Å². The fourth-order valence-corrected chi connectivity index (χ4v) is 1.37. The Morgan fingerprint density at radius 3 is 2.75 bits per heavy atom. The minimum Gasteiger partial charge on any atom is -0.469 e. The van der Waals surface area contributed by atoms with Gasteiger partial charge in [-0.3, -0.25) is 4.79 Å². The fourth-order valence-electron chi connectivity index (χ4n) is 1.03. The maximum absolute atomic E-state index is 11.5. The summed E-state index contributed by atoms with van der Waals surface area (Å²) in [6, 6.07) is 1.49. The minimum atomic E-state index is -0.536. The molecule has 1 aromatic heterocycles. The Bertz CT molecular complexity index is 384. The summed E-state index contributed by atoms with van der Waals surface area (Å²) in [5.41, 5.74) is 0.295. The Morgan fingerprint density at radius 2 is 2.25 bits per heavy atom. The molecule has 88 valence electrons. The zero-order chi connectivity index (χ0) is 12.1. The van der Waals surface area contributed by atoms with E-state index in [0.29, 0.717) is 10.2 Å². The van der Waals surface area contributed by atoms with E-state index < -0.39 is 18.0 Å². The van der Waals surface area contributed by atoms with Crippen LogP contribution < -0.4 is 0 Å². The van der Waals surface area contributed by atoms with Crippen molar-refractivity contribution in [1.82, 2.24) is 0 Å². The number of hydrogen-bond acceptors (Lipinski definition) is 5.